The normalized spacial score (nSPS) is 11.4. The van der Waals surface area contributed by atoms with Crippen molar-refractivity contribution in [2.75, 3.05) is 4.90 Å². The van der Waals surface area contributed by atoms with E-state index >= 15 is 0 Å². The Morgan fingerprint density at radius 1 is 1.05 bits per heavy atom. The van der Waals surface area contributed by atoms with E-state index in [-0.39, 0.29) is 31.9 Å². The fraction of sp³-hybridized carbons (Fsp3) is 0.0800. The zero-order valence-corrected chi connectivity index (χ0v) is 20.6. The standard InChI is InChI=1S/C25H19Cl2FN4O5/c1-13-11-30-31(12-13)21-10-14(16-9-15(23(29)33)5-7-17(16)26)6-8-20(21)32(25(35,36)37)24(34)22-18(27)3-2-4-19(22)28/h2-12,35-37H,1H3,(H2,29,33). The number of amides is 2. The van der Waals surface area contributed by atoms with Gasteiger partial charge in [-0.3, -0.25) is 9.59 Å². The van der Waals surface area contributed by atoms with Crippen molar-refractivity contribution in [1.29, 1.82) is 0 Å². The molecule has 0 atom stereocenters. The van der Waals surface area contributed by atoms with E-state index in [0.29, 0.717) is 16.7 Å². The highest BCUT2D eigenvalue weighted by Crippen LogP contribution is 2.37. The molecule has 2 amide bonds. The first-order chi connectivity index (χ1) is 17.4. The van der Waals surface area contributed by atoms with Crippen molar-refractivity contribution in [1.82, 2.24) is 9.78 Å². The number of rotatable bonds is 6. The van der Waals surface area contributed by atoms with Crippen LogP contribution in [0.1, 0.15) is 26.3 Å². The van der Waals surface area contributed by atoms with Crippen LogP contribution in [0.5, 0.6) is 0 Å². The van der Waals surface area contributed by atoms with Gasteiger partial charge < -0.3 is 21.1 Å². The molecule has 9 nitrogen and oxygen atoms in total. The number of nitrogens with zero attached hydrogens (tertiary/aromatic N) is 3. The Morgan fingerprint density at radius 2 is 1.78 bits per heavy atom. The Balaban J connectivity index is 1.97. The minimum absolute atomic E-state index is 0.0634. The van der Waals surface area contributed by atoms with Crippen LogP contribution >= 0.6 is 23.2 Å². The number of anilines is 1. The smallest absolute Gasteiger partial charge is 0.366 e. The number of hydrogen-bond acceptors (Lipinski definition) is 6. The molecular weight excluding hydrogens is 526 g/mol. The molecule has 0 fully saturated rings. The Kier molecular flexibility index (Phi) is 7.05. The van der Waals surface area contributed by atoms with E-state index in [1.165, 1.54) is 59.4 Å². The molecule has 37 heavy (non-hydrogen) atoms. The van der Waals surface area contributed by atoms with Crippen molar-refractivity contribution >= 4 is 40.7 Å². The number of primary amides is 1. The maximum absolute atomic E-state index is 14.6. The van der Waals surface area contributed by atoms with Crippen molar-refractivity contribution in [2.24, 2.45) is 5.73 Å². The maximum atomic E-state index is 14.6. The number of aliphatic hydroxyl groups is 3. The van der Waals surface area contributed by atoms with Crippen LogP contribution in [0.3, 0.4) is 0 Å². The van der Waals surface area contributed by atoms with Gasteiger partial charge in [-0.15, -0.1) is 0 Å². The molecular formula is C25H19Cl2FN4O5. The molecule has 0 unspecified atom stereocenters. The van der Waals surface area contributed by atoms with Gasteiger partial charge in [0.15, 0.2) is 0 Å². The van der Waals surface area contributed by atoms with Crippen molar-refractivity contribution in [3.63, 3.8) is 0 Å². The second kappa shape index (κ2) is 9.92. The first-order valence-corrected chi connectivity index (χ1v) is 11.3. The number of carbonyl (C=O) groups is 2. The second-order valence-electron chi connectivity index (χ2n) is 8.06. The molecule has 0 aliphatic rings. The van der Waals surface area contributed by atoms with Gasteiger partial charge in [-0.2, -0.15) is 5.10 Å². The summed E-state index contributed by atoms with van der Waals surface area (Å²) in [7, 11) is 0. The number of carbonyl (C=O) groups excluding carboxylic acids is 2. The predicted molar refractivity (Wildman–Crippen MR) is 135 cm³/mol. The number of nitrogens with two attached hydrogens (primary N) is 1. The lowest BCUT2D eigenvalue weighted by Gasteiger charge is -2.32. The van der Waals surface area contributed by atoms with Crippen molar-refractivity contribution < 1.29 is 29.3 Å². The summed E-state index contributed by atoms with van der Waals surface area (Å²) >= 11 is 12.4. The zero-order valence-electron chi connectivity index (χ0n) is 19.1. The molecule has 190 valence electrons. The van der Waals surface area contributed by atoms with E-state index in [9.17, 15) is 29.3 Å². The van der Waals surface area contributed by atoms with Crippen LogP contribution < -0.4 is 10.6 Å². The van der Waals surface area contributed by atoms with E-state index in [1.54, 1.807) is 13.1 Å². The first kappa shape index (κ1) is 26.3. The lowest BCUT2D eigenvalue weighted by atomic mass is 10.0. The number of hydrogen-bond donors (Lipinski definition) is 4. The van der Waals surface area contributed by atoms with Gasteiger partial charge in [-0.1, -0.05) is 35.3 Å². The van der Waals surface area contributed by atoms with Gasteiger partial charge in [0, 0.05) is 22.3 Å². The second-order valence-corrected chi connectivity index (χ2v) is 8.88. The highest BCUT2D eigenvalue weighted by Gasteiger charge is 2.39. The van der Waals surface area contributed by atoms with E-state index in [4.69, 9.17) is 28.9 Å². The minimum atomic E-state index is -3.77. The number of aromatic nitrogens is 2. The van der Waals surface area contributed by atoms with Crippen LogP contribution in [-0.2, 0) is 0 Å². The lowest BCUT2D eigenvalue weighted by Crippen LogP contribution is -2.53. The summed E-state index contributed by atoms with van der Waals surface area (Å²) in [5.41, 5.74) is 6.21. The SMILES string of the molecule is Cc1cnn(-c2cc(-c3cc(C(N)=O)ccc3Cl)ccc2N(C(=O)c2c(F)cccc2Cl)C(O)(O)O)c1. The largest absolute Gasteiger partial charge is 0.376 e. The fourth-order valence-electron chi connectivity index (χ4n) is 3.73. The van der Waals surface area contributed by atoms with Gasteiger partial charge in [-0.25, -0.2) is 14.0 Å². The topological polar surface area (TPSA) is 142 Å². The zero-order chi connectivity index (χ0) is 27.1. The Bertz CT molecular complexity index is 1510. The van der Waals surface area contributed by atoms with Gasteiger partial charge in [0.1, 0.15) is 5.82 Å². The number of benzene rings is 3. The Hall–Kier alpha value is -3.80. The van der Waals surface area contributed by atoms with E-state index in [0.717, 1.165) is 6.07 Å². The maximum Gasteiger partial charge on any atom is 0.376 e. The molecule has 0 saturated carbocycles. The molecule has 0 radical (unpaired) electrons. The number of halogens is 3. The summed E-state index contributed by atoms with van der Waals surface area (Å²) in [5, 5.41) is 34.8. The molecule has 0 aliphatic heterocycles. The van der Waals surface area contributed by atoms with Crippen LogP contribution in [0.4, 0.5) is 10.1 Å². The molecule has 1 aromatic heterocycles. The van der Waals surface area contributed by atoms with Gasteiger partial charge in [0.25, 0.3) is 5.91 Å². The van der Waals surface area contributed by atoms with Crippen molar-refractivity contribution in [2.45, 2.75) is 13.0 Å². The molecule has 0 saturated heterocycles. The highest BCUT2D eigenvalue weighted by atomic mass is 35.5. The van der Waals surface area contributed by atoms with Crippen LogP contribution in [0, 0.1) is 12.7 Å². The fourth-order valence-corrected chi connectivity index (χ4v) is 4.20. The summed E-state index contributed by atoms with van der Waals surface area (Å²) in [6.45, 7) is 1.75. The Labute approximate surface area is 219 Å². The highest BCUT2D eigenvalue weighted by molar-refractivity contribution is 6.35. The molecule has 0 bridgehead atoms. The van der Waals surface area contributed by atoms with Crippen LogP contribution in [0.2, 0.25) is 10.0 Å². The number of aryl methyl sites for hydroxylation is 1. The summed E-state index contributed by atoms with van der Waals surface area (Å²) in [6.07, 6.45) is -0.706. The summed E-state index contributed by atoms with van der Waals surface area (Å²) in [6, 6.07) is 12.0. The summed E-state index contributed by atoms with van der Waals surface area (Å²) in [4.78, 5) is 25.2. The quantitative estimate of drug-likeness (QED) is 0.273. The average Bonchev–Trinajstić information content (AvgIpc) is 3.24. The molecule has 4 aromatic rings. The minimum Gasteiger partial charge on any atom is -0.366 e. The lowest BCUT2D eigenvalue weighted by molar-refractivity contribution is -0.304. The third-order valence-electron chi connectivity index (χ3n) is 5.42. The van der Waals surface area contributed by atoms with Crippen molar-refractivity contribution in [3.05, 3.63) is 99.5 Å². The van der Waals surface area contributed by atoms with E-state index in [2.05, 4.69) is 5.10 Å². The molecule has 0 aliphatic carbocycles. The van der Waals surface area contributed by atoms with Crippen molar-refractivity contribution in [3.8, 4) is 16.8 Å². The third kappa shape index (κ3) is 5.19. The van der Waals surface area contributed by atoms with Gasteiger partial charge in [0.05, 0.1) is 28.2 Å². The molecule has 1 heterocycles. The van der Waals surface area contributed by atoms with Gasteiger partial charge >= 0.3 is 6.10 Å². The molecule has 4 rings (SSSR count). The van der Waals surface area contributed by atoms with Crippen LogP contribution in [0.25, 0.3) is 16.8 Å². The van der Waals surface area contributed by atoms with Gasteiger partial charge in [0.2, 0.25) is 5.91 Å². The van der Waals surface area contributed by atoms with Crippen LogP contribution in [-0.4, -0.2) is 43.0 Å². The Morgan fingerprint density at radius 3 is 2.38 bits per heavy atom. The molecule has 0 spiro atoms. The van der Waals surface area contributed by atoms with E-state index < -0.39 is 29.3 Å². The molecule has 5 N–H and O–H groups in total. The van der Waals surface area contributed by atoms with Gasteiger partial charge in [-0.05, 0) is 60.5 Å². The first-order valence-electron chi connectivity index (χ1n) is 10.6. The van der Waals surface area contributed by atoms with Crippen LogP contribution in [0.15, 0.2) is 67.0 Å². The third-order valence-corrected chi connectivity index (χ3v) is 6.06. The summed E-state index contributed by atoms with van der Waals surface area (Å²) in [5.74, 6) is -3.07. The predicted octanol–water partition coefficient (Wildman–Crippen LogP) is 3.63. The monoisotopic (exact) mass is 544 g/mol. The molecule has 12 heteroatoms. The molecule has 3 aromatic carbocycles. The summed E-state index contributed by atoms with van der Waals surface area (Å²) < 4.78 is 15.9. The average molecular weight is 545 g/mol. The van der Waals surface area contributed by atoms with E-state index in [1.807, 2.05) is 0 Å².